The fourth-order valence-electron chi connectivity index (χ4n) is 4.66. The molecule has 0 radical (unpaired) electrons. The molecule has 1 aliphatic carbocycles. The third kappa shape index (κ3) is 4.70. The van der Waals surface area contributed by atoms with Gasteiger partial charge in [0.25, 0.3) is 0 Å². The van der Waals surface area contributed by atoms with Crippen molar-refractivity contribution >= 4 is 10.8 Å². The Hall–Kier alpha value is -3.20. The van der Waals surface area contributed by atoms with Crippen LogP contribution in [0, 0.1) is 52.7 Å². The topological polar surface area (TPSA) is 0 Å². The van der Waals surface area contributed by atoms with Crippen molar-refractivity contribution in [2.75, 3.05) is 0 Å². The number of benzene rings is 3. The number of hydrogen-bond donors (Lipinski definition) is 0. The highest BCUT2D eigenvalue weighted by atomic mass is 19.2. The van der Waals surface area contributed by atoms with Crippen molar-refractivity contribution in [2.24, 2.45) is 5.92 Å². The zero-order valence-electron chi connectivity index (χ0n) is 18.3. The first-order valence-electron chi connectivity index (χ1n) is 11.2. The Kier molecular flexibility index (Phi) is 7.02. The second-order valence-electron chi connectivity index (χ2n) is 8.71. The fourth-order valence-corrected chi connectivity index (χ4v) is 4.66. The lowest BCUT2D eigenvalue weighted by Crippen LogP contribution is -2.17. The molecule has 3 aromatic rings. The minimum Gasteiger partial charge on any atom is -0.204 e. The maximum Gasteiger partial charge on any atom is 0.177 e. The van der Waals surface area contributed by atoms with Gasteiger partial charge in [-0.25, -0.2) is 26.3 Å². The summed E-state index contributed by atoms with van der Waals surface area (Å²) in [6.07, 6.45) is 5.99. The van der Waals surface area contributed by atoms with Gasteiger partial charge in [-0.1, -0.05) is 24.0 Å². The monoisotopic (exact) mass is 472 g/mol. The van der Waals surface area contributed by atoms with Crippen LogP contribution in [0.15, 0.2) is 43.0 Å². The van der Waals surface area contributed by atoms with Gasteiger partial charge in [0, 0.05) is 11.1 Å². The second-order valence-corrected chi connectivity index (χ2v) is 8.71. The predicted octanol–water partition coefficient (Wildman–Crippen LogP) is 8.31. The quantitative estimate of drug-likeness (QED) is 0.155. The molecule has 1 saturated carbocycles. The predicted molar refractivity (Wildman–Crippen MR) is 120 cm³/mol. The number of rotatable bonds is 4. The Balaban J connectivity index is 1.63. The van der Waals surface area contributed by atoms with Gasteiger partial charge in [0.05, 0.1) is 0 Å². The van der Waals surface area contributed by atoms with Gasteiger partial charge in [-0.15, -0.1) is 6.58 Å². The smallest absolute Gasteiger partial charge is 0.177 e. The van der Waals surface area contributed by atoms with Crippen molar-refractivity contribution in [3.63, 3.8) is 0 Å². The molecule has 34 heavy (non-hydrogen) atoms. The van der Waals surface area contributed by atoms with Crippen LogP contribution in [-0.2, 0) is 0 Å². The summed E-state index contributed by atoms with van der Waals surface area (Å²) in [5, 5.41) is 0.727. The van der Waals surface area contributed by atoms with E-state index in [1.165, 1.54) is 18.2 Å². The first-order valence-corrected chi connectivity index (χ1v) is 11.2. The SMILES string of the molecule is C=CCCC1CCC(c2c(F)c(F)c(C#Cc3ccc4cc(F)c(F)cc4c3)c(F)c2F)CC1. The lowest BCUT2D eigenvalue weighted by Gasteiger charge is -2.29. The van der Waals surface area contributed by atoms with Gasteiger partial charge in [0.1, 0.15) is 5.56 Å². The van der Waals surface area contributed by atoms with E-state index in [9.17, 15) is 26.3 Å². The minimum atomic E-state index is -1.52. The van der Waals surface area contributed by atoms with E-state index in [2.05, 4.69) is 18.4 Å². The maximum absolute atomic E-state index is 14.9. The van der Waals surface area contributed by atoms with E-state index in [0.29, 0.717) is 29.5 Å². The molecule has 6 heteroatoms. The van der Waals surface area contributed by atoms with Gasteiger partial charge in [-0.2, -0.15) is 0 Å². The summed E-state index contributed by atoms with van der Waals surface area (Å²) >= 11 is 0. The van der Waals surface area contributed by atoms with Gasteiger partial charge in [-0.3, -0.25) is 0 Å². The average molecular weight is 472 g/mol. The summed E-state index contributed by atoms with van der Waals surface area (Å²) < 4.78 is 86.1. The molecular weight excluding hydrogens is 450 g/mol. The second kappa shape index (κ2) is 9.97. The standard InChI is InChI=1S/C28H22F6/c1-2-3-4-16-5-9-18(10-6-16)24-27(33)25(31)21(26(32)28(24)34)12-8-17-7-11-19-14-22(29)23(30)15-20(19)13-17/h2,7,11,13-16,18H,1,3-6,9-10H2. The Morgan fingerprint density at radius 3 is 2.00 bits per heavy atom. The summed E-state index contributed by atoms with van der Waals surface area (Å²) in [5.41, 5.74) is -1.32. The van der Waals surface area contributed by atoms with E-state index in [1.807, 2.05) is 6.08 Å². The van der Waals surface area contributed by atoms with Gasteiger partial charge >= 0.3 is 0 Å². The summed E-state index contributed by atoms with van der Waals surface area (Å²) in [6.45, 7) is 3.69. The molecule has 1 fully saturated rings. The number of hydrogen-bond acceptors (Lipinski definition) is 0. The normalized spacial score (nSPS) is 17.9. The lowest BCUT2D eigenvalue weighted by atomic mass is 9.76. The molecule has 1 aliphatic rings. The van der Waals surface area contributed by atoms with Crippen LogP contribution in [0.4, 0.5) is 26.3 Å². The molecule has 0 amide bonds. The molecule has 0 nitrogen and oxygen atoms in total. The van der Waals surface area contributed by atoms with E-state index in [4.69, 9.17) is 0 Å². The largest absolute Gasteiger partial charge is 0.204 e. The molecule has 0 saturated heterocycles. The first-order chi connectivity index (χ1) is 16.3. The minimum absolute atomic E-state index is 0.222. The van der Waals surface area contributed by atoms with Crippen LogP contribution < -0.4 is 0 Å². The summed E-state index contributed by atoms with van der Waals surface area (Å²) in [4.78, 5) is 0. The van der Waals surface area contributed by atoms with Crippen molar-refractivity contribution in [3.05, 3.63) is 94.6 Å². The zero-order valence-corrected chi connectivity index (χ0v) is 18.3. The van der Waals surface area contributed by atoms with Crippen LogP contribution in [0.25, 0.3) is 10.8 Å². The van der Waals surface area contributed by atoms with Gasteiger partial charge < -0.3 is 0 Å². The highest BCUT2D eigenvalue weighted by Gasteiger charge is 2.32. The number of allylic oxidation sites excluding steroid dienone is 1. The molecule has 176 valence electrons. The van der Waals surface area contributed by atoms with E-state index >= 15 is 0 Å². The Morgan fingerprint density at radius 1 is 0.765 bits per heavy atom. The molecule has 0 atom stereocenters. The third-order valence-electron chi connectivity index (χ3n) is 6.54. The third-order valence-corrected chi connectivity index (χ3v) is 6.54. The van der Waals surface area contributed by atoms with Crippen LogP contribution in [0.1, 0.15) is 61.1 Å². The van der Waals surface area contributed by atoms with E-state index in [-0.39, 0.29) is 5.56 Å². The van der Waals surface area contributed by atoms with Crippen LogP contribution >= 0.6 is 0 Å². The Morgan fingerprint density at radius 2 is 1.38 bits per heavy atom. The average Bonchev–Trinajstić information content (AvgIpc) is 2.83. The number of fused-ring (bicyclic) bond motifs is 1. The van der Waals surface area contributed by atoms with Crippen molar-refractivity contribution in [1.29, 1.82) is 0 Å². The van der Waals surface area contributed by atoms with Gasteiger partial charge in [0.2, 0.25) is 0 Å². The molecule has 3 aromatic carbocycles. The first kappa shape index (κ1) is 23.9. The van der Waals surface area contributed by atoms with Crippen molar-refractivity contribution in [1.82, 2.24) is 0 Å². The van der Waals surface area contributed by atoms with Crippen molar-refractivity contribution in [2.45, 2.75) is 44.4 Å². The Labute approximate surface area is 194 Å². The highest BCUT2D eigenvalue weighted by molar-refractivity contribution is 5.84. The molecule has 0 unspecified atom stereocenters. The Bertz CT molecular complexity index is 1280. The van der Waals surface area contributed by atoms with Crippen molar-refractivity contribution in [3.8, 4) is 11.8 Å². The molecule has 0 heterocycles. The van der Waals surface area contributed by atoms with Crippen molar-refractivity contribution < 1.29 is 26.3 Å². The van der Waals surface area contributed by atoms with E-state index < -0.39 is 51.9 Å². The van der Waals surface area contributed by atoms with E-state index in [0.717, 1.165) is 37.8 Å². The molecule has 0 N–H and O–H groups in total. The van der Waals surface area contributed by atoms with Gasteiger partial charge in [0.15, 0.2) is 34.9 Å². The van der Waals surface area contributed by atoms with Crippen LogP contribution in [-0.4, -0.2) is 0 Å². The molecule has 4 rings (SSSR count). The zero-order chi connectivity index (χ0) is 24.4. The summed E-state index contributed by atoms with van der Waals surface area (Å²) in [5.74, 6) is -3.48. The van der Waals surface area contributed by atoms with Crippen LogP contribution in [0.2, 0.25) is 0 Å². The lowest BCUT2D eigenvalue weighted by molar-refractivity contribution is 0.298. The molecule has 0 spiro atoms. The molecular formula is C28H22F6. The number of halogens is 6. The van der Waals surface area contributed by atoms with E-state index in [1.54, 1.807) is 0 Å². The van der Waals surface area contributed by atoms with Gasteiger partial charge in [-0.05, 0) is 85.4 Å². The van der Waals surface area contributed by atoms with Crippen LogP contribution in [0.3, 0.4) is 0 Å². The maximum atomic E-state index is 14.9. The highest BCUT2D eigenvalue weighted by Crippen LogP contribution is 2.41. The van der Waals surface area contributed by atoms with Crippen LogP contribution in [0.5, 0.6) is 0 Å². The summed E-state index contributed by atoms with van der Waals surface area (Å²) in [6, 6.07) is 6.28. The molecule has 0 aliphatic heterocycles. The molecule has 0 aromatic heterocycles. The molecule has 0 bridgehead atoms. The summed E-state index contributed by atoms with van der Waals surface area (Å²) in [7, 11) is 0. The fraction of sp³-hybridized carbons (Fsp3) is 0.286.